The molecule has 2 heterocycles. The third kappa shape index (κ3) is 3.05. The van der Waals surface area contributed by atoms with Crippen LogP contribution < -0.4 is 9.47 Å². The van der Waals surface area contributed by atoms with Crippen molar-refractivity contribution in [2.24, 2.45) is 0 Å². The molecule has 2 aromatic heterocycles. The maximum atomic E-state index is 5.58. The molecule has 0 fully saturated rings. The van der Waals surface area contributed by atoms with Crippen molar-refractivity contribution in [1.29, 1.82) is 0 Å². The van der Waals surface area contributed by atoms with E-state index >= 15 is 0 Å². The van der Waals surface area contributed by atoms with Crippen molar-refractivity contribution in [3.63, 3.8) is 0 Å². The average molecular weight is 391 g/mol. The van der Waals surface area contributed by atoms with Crippen molar-refractivity contribution in [3.8, 4) is 33.9 Å². The molecule has 0 radical (unpaired) electrons. The minimum atomic E-state index is 0.498. The maximum absolute atomic E-state index is 5.58. The quantitative estimate of drug-likeness (QED) is 0.476. The summed E-state index contributed by atoms with van der Waals surface area (Å²) >= 11 is 5.45. The summed E-state index contributed by atoms with van der Waals surface area (Å²) in [5, 5.41) is 0. The number of H-pyrrole nitrogens is 1. The van der Waals surface area contributed by atoms with Gasteiger partial charge in [0, 0.05) is 29.6 Å². The molecule has 4 aromatic rings. The Labute approximate surface area is 168 Å². The van der Waals surface area contributed by atoms with Crippen LogP contribution in [-0.4, -0.2) is 28.6 Å². The second kappa shape index (κ2) is 7.13. The summed E-state index contributed by atoms with van der Waals surface area (Å²) in [5.74, 6) is 1.45. The predicted octanol–water partition coefficient (Wildman–Crippen LogP) is 5.36. The SMILES string of the molecule is COc1ccc(-c2cnc(=S)n3cc(-c4ccc(C)c(C)c4)[nH]c23)c(OC)c1. The monoisotopic (exact) mass is 391 g/mol. The van der Waals surface area contributed by atoms with Crippen LogP contribution in [0.25, 0.3) is 28.0 Å². The Kier molecular flexibility index (Phi) is 4.65. The van der Waals surface area contributed by atoms with Gasteiger partial charge in [0.1, 0.15) is 17.1 Å². The first-order valence-electron chi connectivity index (χ1n) is 8.92. The standard InChI is InChI=1S/C22H21N3O2S/c1-13-5-6-15(9-14(13)2)19-12-25-21(24-19)18(11-23-22(25)28)17-8-7-16(26-3)10-20(17)27-4/h5-12,24H,1-4H3. The number of imidazole rings is 1. The van der Waals surface area contributed by atoms with Gasteiger partial charge in [0.25, 0.3) is 0 Å². The molecule has 5 nitrogen and oxygen atoms in total. The number of benzene rings is 2. The number of methoxy groups -OCH3 is 2. The predicted molar refractivity (Wildman–Crippen MR) is 114 cm³/mol. The fourth-order valence-electron chi connectivity index (χ4n) is 3.28. The molecule has 142 valence electrons. The highest BCUT2D eigenvalue weighted by molar-refractivity contribution is 7.71. The molecule has 0 bridgehead atoms. The van der Waals surface area contributed by atoms with Crippen LogP contribution in [0.1, 0.15) is 11.1 Å². The molecule has 0 aliphatic heterocycles. The number of aromatic amines is 1. The summed E-state index contributed by atoms with van der Waals surface area (Å²) in [4.78, 5) is 7.93. The van der Waals surface area contributed by atoms with Gasteiger partial charge in [-0.1, -0.05) is 12.1 Å². The second-order valence-corrected chi connectivity index (χ2v) is 7.07. The van der Waals surface area contributed by atoms with E-state index in [0.29, 0.717) is 10.5 Å². The molecule has 0 atom stereocenters. The van der Waals surface area contributed by atoms with Crippen LogP contribution in [0.4, 0.5) is 0 Å². The lowest BCUT2D eigenvalue weighted by atomic mass is 10.0. The van der Waals surface area contributed by atoms with E-state index in [4.69, 9.17) is 21.7 Å². The number of nitrogens with one attached hydrogen (secondary N) is 1. The van der Waals surface area contributed by atoms with Gasteiger partial charge in [0.15, 0.2) is 0 Å². The van der Waals surface area contributed by atoms with Crippen LogP contribution in [0.5, 0.6) is 11.5 Å². The second-order valence-electron chi connectivity index (χ2n) is 6.71. The van der Waals surface area contributed by atoms with Crippen LogP contribution in [0.2, 0.25) is 0 Å². The van der Waals surface area contributed by atoms with E-state index in [0.717, 1.165) is 33.8 Å². The molecule has 2 aromatic carbocycles. The molecule has 4 rings (SSSR count). The van der Waals surface area contributed by atoms with Gasteiger partial charge in [-0.05, 0) is 61.0 Å². The minimum absolute atomic E-state index is 0.498. The van der Waals surface area contributed by atoms with E-state index in [-0.39, 0.29) is 0 Å². The van der Waals surface area contributed by atoms with Crippen molar-refractivity contribution in [1.82, 2.24) is 14.4 Å². The molecule has 0 saturated heterocycles. The fourth-order valence-corrected chi connectivity index (χ4v) is 3.48. The van der Waals surface area contributed by atoms with Crippen LogP contribution in [0.3, 0.4) is 0 Å². The van der Waals surface area contributed by atoms with Gasteiger partial charge < -0.3 is 14.5 Å². The van der Waals surface area contributed by atoms with Gasteiger partial charge in [-0.15, -0.1) is 0 Å². The molecule has 1 N–H and O–H groups in total. The number of nitrogens with zero attached hydrogens (tertiary/aromatic N) is 2. The Balaban J connectivity index is 1.94. The lowest BCUT2D eigenvalue weighted by molar-refractivity contribution is 0.395. The van der Waals surface area contributed by atoms with Gasteiger partial charge >= 0.3 is 0 Å². The van der Waals surface area contributed by atoms with Crippen molar-refractivity contribution >= 4 is 17.9 Å². The summed E-state index contributed by atoms with van der Waals surface area (Å²) in [5.41, 5.74) is 7.29. The van der Waals surface area contributed by atoms with Gasteiger partial charge in [-0.2, -0.15) is 0 Å². The molecule has 6 heteroatoms. The zero-order valence-electron chi connectivity index (χ0n) is 16.2. The van der Waals surface area contributed by atoms with Crippen LogP contribution >= 0.6 is 12.2 Å². The number of aryl methyl sites for hydroxylation is 2. The van der Waals surface area contributed by atoms with Crippen LogP contribution in [-0.2, 0) is 0 Å². The first-order valence-corrected chi connectivity index (χ1v) is 9.33. The van der Waals surface area contributed by atoms with Gasteiger partial charge in [0.05, 0.1) is 19.9 Å². The number of ether oxygens (including phenoxy) is 2. The van der Waals surface area contributed by atoms with Crippen molar-refractivity contribution in [2.45, 2.75) is 13.8 Å². The maximum Gasteiger partial charge on any atom is 0.205 e. The Morgan fingerprint density at radius 3 is 2.50 bits per heavy atom. The smallest absolute Gasteiger partial charge is 0.205 e. The first-order chi connectivity index (χ1) is 13.5. The third-order valence-corrected chi connectivity index (χ3v) is 5.34. The zero-order valence-corrected chi connectivity index (χ0v) is 17.1. The minimum Gasteiger partial charge on any atom is -0.497 e. The van der Waals surface area contributed by atoms with Crippen molar-refractivity contribution in [3.05, 3.63) is 64.7 Å². The van der Waals surface area contributed by atoms with E-state index in [1.165, 1.54) is 11.1 Å². The molecule has 28 heavy (non-hydrogen) atoms. The van der Waals surface area contributed by atoms with Gasteiger partial charge in [-0.3, -0.25) is 4.40 Å². The Morgan fingerprint density at radius 1 is 0.964 bits per heavy atom. The van der Waals surface area contributed by atoms with E-state index in [9.17, 15) is 0 Å². The fraction of sp³-hybridized carbons (Fsp3) is 0.182. The Morgan fingerprint density at radius 2 is 1.79 bits per heavy atom. The summed E-state index contributed by atoms with van der Waals surface area (Å²) in [6.45, 7) is 4.22. The first kappa shape index (κ1) is 18.3. The Bertz CT molecular complexity index is 1240. The van der Waals surface area contributed by atoms with Crippen molar-refractivity contribution < 1.29 is 9.47 Å². The number of rotatable bonds is 4. The highest BCUT2D eigenvalue weighted by atomic mass is 32.1. The van der Waals surface area contributed by atoms with Gasteiger partial charge in [0.2, 0.25) is 4.77 Å². The van der Waals surface area contributed by atoms with E-state index in [2.05, 4.69) is 42.0 Å². The molecular formula is C22H21N3O2S. The average Bonchev–Trinajstić information content (AvgIpc) is 3.16. The van der Waals surface area contributed by atoms with Crippen LogP contribution in [0.15, 0.2) is 48.8 Å². The summed E-state index contributed by atoms with van der Waals surface area (Å²) in [7, 11) is 3.28. The lowest BCUT2D eigenvalue weighted by Gasteiger charge is -2.11. The summed E-state index contributed by atoms with van der Waals surface area (Å²) < 4.78 is 13.3. The number of aromatic nitrogens is 3. The molecule has 0 aliphatic carbocycles. The number of fused-ring (bicyclic) bond motifs is 1. The molecule has 0 unspecified atom stereocenters. The number of hydrogen-bond acceptors (Lipinski definition) is 4. The third-order valence-electron chi connectivity index (χ3n) is 5.03. The van der Waals surface area contributed by atoms with E-state index in [1.807, 2.05) is 28.8 Å². The Hall–Kier alpha value is -3.12. The molecular weight excluding hydrogens is 370 g/mol. The largest absolute Gasteiger partial charge is 0.497 e. The number of hydrogen-bond donors (Lipinski definition) is 1. The van der Waals surface area contributed by atoms with Gasteiger partial charge in [-0.25, -0.2) is 4.98 Å². The lowest BCUT2D eigenvalue weighted by Crippen LogP contribution is -1.95. The van der Waals surface area contributed by atoms with Crippen LogP contribution in [0, 0.1) is 18.6 Å². The summed E-state index contributed by atoms with van der Waals surface area (Å²) in [6.07, 6.45) is 3.77. The van der Waals surface area contributed by atoms with E-state index < -0.39 is 0 Å². The topological polar surface area (TPSA) is 51.5 Å². The molecule has 0 amide bonds. The zero-order chi connectivity index (χ0) is 19.8. The summed E-state index contributed by atoms with van der Waals surface area (Å²) in [6, 6.07) is 12.1. The highest BCUT2D eigenvalue weighted by Crippen LogP contribution is 2.35. The molecule has 0 aliphatic rings. The molecule has 0 spiro atoms. The highest BCUT2D eigenvalue weighted by Gasteiger charge is 2.15. The van der Waals surface area contributed by atoms with Crippen molar-refractivity contribution in [2.75, 3.05) is 14.2 Å². The normalized spacial score (nSPS) is 11.0. The molecule has 0 saturated carbocycles. The van der Waals surface area contributed by atoms with E-state index in [1.54, 1.807) is 20.4 Å².